The van der Waals surface area contributed by atoms with Gasteiger partial charge >= 0.3 is 0 Å². The quantitative estimate of drug-likeness (QED) is 0.853. The number of amides is 1. The molecule has 2 aliphatic rings. The smallest absolute Gasteiger partial charge is 0.219 e. The number of carbonyl (C=O) groups excluding carboxylic acids is 1. The van der Waals surface area contributed by atoms with Crippen LogP contribution in [-0.4, -0.2) is 35.5 Å². The third-order valence-electron chi connectivity index (χ3n) is 4.78. The molecule has 0 fully saturated rings. The Morgan fingerprint density at radius 2 is 2.27 bits per heavy atom. The van der Waals surface area contributed by atoms with Crippen LogP contribution in [0.5, 0.6) is 5.75 Å². The molecule has 1 aromatic carbocycles. The lowest BCUT2D eigenvalue weighted by molar-refractivity contribution is -0.128. The van der Waals surface area contributed by atoms with Crippen LogP contribution in [0.1, 0.15) is 18.9 Å². The van der Waals surface area contributed by atoms with E-state index in [2.05, 4.69) is 28.6 Å². The summed E-state index contributed by atoms with van der Waals surface area (Å²) in [5.41, 5.74) is 10.4. The first kappa shape index (κ1) is 16.3. The van der Waals surface area contributed by atoms with Crippen molar-refractivity contribution in [1.82, 2.24) is 9.88 Å². The predicted molar refractivity (Wildman–Crippen MR) is 103 cm³/mol. The summed E-state index contributed by atoms with van der Waals surface area (Å²) in [6, 6.07) is 6.13. The van der Waals surface area contributed by atoms with Gasteiger partial charge in [-0.05, 0) is 47.9 Å². The maximum absolute atomic E-state index is 11.5. The number of allylic oxidation sites excluding steroid dienone is 2. The summed E-state index contributed by atoms with van der Waals surface area (Å²) in [4.78, 5) is 16.7. The molecule has 1 amide bonds. The lowest BCUT2D eigenvalue weighted by Crippen LogP contribution is -2.32. The number of aromatic nitrogens is 1. The van der Waals surface area contributed by atoms with E-state index >= 15 is 0 Å². The fourth-order valence-electron chi connectivity index (χ4n) is 3.30. The Bertz CT molecular complexity index is 1030. The van der Waals surface area contributed by atoms with Gasteiger partial charge in [0.1, 0.15) is 12.4 Å². The molecule has 0 saturated carbocycles. The fourth-order valence-corrected chi connectivity index (χ4v) is 3.30. The first-order valence-electron chi connectivity index (χ1n) is 8.76. The zero-order valence-electron chi connectivity index (χ0n) is 14.7. The molecule has 1 N–H and O–H groups in total. The van der Waals surface area contributed by atoms with Crippen LogP contribution in [-0.2, 0) is 4.79 Å². The molecule has 26 heavy (non-hydrogen) atoms. The number of H-pyrrole nitrogens is 1. The lowest BCUT2D eigenvalue weighted by Gasteiger charge is -2.25. The highest BCUT2D eigenvalue weighted by Crippen LogP contribution is 2.31. The van der Waals surface area contributed by atoms with Crippen molar-refractivity contribution < 1.29 is 9.53 Å². The number of rotatable bonds is 4. The molecule has 4 rings (SSSR count). The van der Waals surface area contributed by atoms with E-state index in [0.29, 0.717) is 13.2 Å². The van der Waals surface area contributed by atoms with Crippen LogP contribution < -0.4 is 4.74 Å². The van der Waals surface area contributed by atoms with Gasteiger partial charge in [-0.2, -0.15) is 0 Å². The second kappa shape index (κ2) is 6.97. The van der Waals surface area contributed by atoms with E-state index < -0.39 is 0 Å². The van der Waals surface area contributed by atoms with Crippen molar-refractivity contribution in [2.24, 2.45) is 0 Å². The van der Waals surface area contributed by atoms with Gasteiger partial charge in [0.15, 0.2) is 0 Å². The number of nitrogens with one attached hydrogen (secondary N) is 1. The topological polar surface area (TPSA) is 45.3 Å². The van der Waals surface area contributed by atoms with Gasteiger partial charge in [-0.25, -0.2) is 0 Å². The monoisotopic (exact) mass is 344 g/mol. The molecule has 0 spiro atoms. The summed E-state index contributed by atoms with van der Waals surface area (Å²) in [5.74, 6) is 0.967. The number of aromatic amines is 1. The Morgan fingerprint density at radius 3 is 3.00 bits per heavy atom. The number of hydrogen-bond acceptors (Lipinski definition) is 2. The molecule has 0 radical (unpaired) electrons. The van der Waals surface area contributed by atoms with Gasteiger partial charge < -0.3 is 14.6 Å². The highest BCUT2D eigenvalue weighted by molar-refractivity contribution is 5.93. The Kier molecular flexibility index (Phi) is 4.37. The molecule has 1 aromatic heterocycles. The molecule has 4 heteroatoms. The van der Waals surface area contributed by atoms with Crippen molar-refractivity contribution in [1.29, 1.82) is 0 Å². The van der Waals surface area contributed by atoms with E-state index in [9.17, 15) is 4.79 Å². The van der Waals surface area contributed by atoms with Crippen molar-refractivity contribution in [3.05, 3.63) is 71.3 Å². The zero-order valence-corrected chi connectivity index (χ0v) is 14.7. The minimum absolute atomic E-state index is 0.134. The van der Waals surface area contributed by atoms with Crippen molar-refractivity contribution in [2.75, 3.05) is 19.7 Å². The van der Waals surface area contributed by atoms with Gasteiger partial charge in [0, 0.05) is 48.7 Å². The molecule has 2 aromatic rings. The molecule has 2 heterocycles. The van der Waals surface area contributed by atoms with E-state index in [-0.39, 0.29) is 5.91 Å². The number of carbonyl (C=O) groups is 1. The maximum atomic E-state index is 11.5. The molecule has 130 valence electrons. The number of fused-ring (bicyclic) bond motifs is 1. The largest absolute Gasteiger partial charge is 0.489 e. The SMILES string of the molecule is CC(=O)N1CC=C(c2c[nH]c3cc(OCC4=CC=C=C=C4)ccc23)CC1. The van der Waals surface area contributed by atoms with E-state index in [1.165, 1.54) is 16.5 Å². The third kappa shape index (κ3) is 3.29. The van der Waals surface area contributed by atoms with Crippen LogP contribution >= 0.6 is 0 Å². The highest BCUT2D eigenvalue weighted by Gasteiger charge is 2.17. The third-order valence-corrected chi connectivity index (χ3v) is 4.78. The molecular formula is C22H20N2O2. The molecule has 0 bridgehead atoms. The van der Waals surface area contributed by atoms with Crippen LogP contribution in [0.25, 0.3) is 16.5 Å². The second-order valence-electron chi connectivity index (χ2n) is 6.48. The summed E-state index contributed by atoms with van der Waals surface area (Å²) in [6.07, 6.45) is 10.8. The normalized spacial score (nSPS) is 16.0. The van der Waals surface area contributed by atoms with Crippen molar-refractivity contribution >= 4 is 22.4 Å². The van der Waals surface area contributed by atoms with Crippen LogP contribution in [0, 0.1) is 0 Å². The van der Waals surface area contributed by atoms with Gasteiger partial charge in [0.05, 0.1) is 0 Å². The Hall–Kier alpha value is -3.19. The Labute approximate surface area is 152 Å². The van der Waals surface area contributed by atoms with Crippen LogP contribution in [0.15, 0.2) is 65.7 Å². The molecule has 1 aliphatic carbocycles. The predicted octanol–water partition coefficient (Wildman–Crippen LogP) is 3.99. The summed E-state index contributed by atoms with van der Waals surface area (Å²) in [6.45, 7) is 3.60. The van der Waals surface area contributed by atoms with Crippen molar-refractivity contribution in [2.45, 2.75) is 13.3 Å². The van der Waals surface area contributed by atoms with E-state index in [1.54, 1.807) is 6.92 Å². The Morgan fingerprint density at radius 1 is 1.35 bits per heavy atom. The average molecular weight is 344 g/mol. The molecule has 4 nitrogen and oxygen atoms in total. The second-order valence-corrected chi connectivity index (χ2v) is 6.48. The standard InChI is InChI=1S/C22H20N2O2/c1-16(25)24-11-9-18(10-12-24)21-14-23-22-13-19(7-8-20(21)22)26-15-17-5-3-2-4-6-17/h3,5-9,13-14,23H,10-12,15H2,1H3. The summed E-state index contributed by atoms with van der Waals surface area (Å²) in [7, 11) is 0. The summed E-state index contributed by atoms with van der Waals surface area (Å²) < 4.78 is 5.88. The van der Waals surface area contributed by atoms with Crippen LogP contribution in [0.3, 0.4) is 0 Å². The summed E-state index contributed by atoms with van der Waals surface area (Å²) in [5, 5.41) is 1.18. The van der Waals surface area contributed by atoms with Crippen molar-refractivity contribution in [3.63, 3.8) is 0 Å². The number of ether oxygens (including phenoxy) is 1. The minimum Gasteiger partial charge on any atom is -0.489 e. The lowest BCUT2D eigenvalue weighted by atomic mass is 9.99. The van der Waals surface area contributed by atoms with E-state index in [0.717, 1.165) is 29.8 Å². The molecule has 0 atom stereocenters. The molecule has 0 unspecified atom stereocenters. The minimum atomic E-state index is 0.134. The molecular weight excluding hydrogens is 324 g/mol. The average Bonchev–Trinajstić information content (AvgIpc) is 3.10. The zero-order chi connectivity index (χ0) is 17.9. The van der Waals surface area contributed by atoms with E-state index in [1.807, 2.05) is 41.5 Å². The van der Waals surface area contributed by atoms with Crippen molar-refractivity contribution in [3.8, 4) is 5.75 Å². The molecule has 1 aliphatic heterocycles. The van der Waals surface area contributed by atoms with Gasteiger partial charge in [0.2, 0.25) is 5.91 Å². The van der Waals surface area contributed by atoms with Crippen LogP contribution in [0.2, 0.25) is 0 Å². The number of nitrogens with zero attached hydrogens (tertiary/aromatic N) is 1. The van der Waals surface area contributed by atoms with Gasteiger partial charge in [-0.3, -0.25) is 4.79 Å². The first-order chi connectivity index (χ1) is 12.7. The number of benzene rings is 1. The maximum Gasteiger partial charge on any atom is 0.219 e. The van der Waals surface area contributed by atoms with E-state index in [4.69, 9.17) is 4.74 Å². The number of hydrogen-bond donors (Lipinski definition) is 1. The van der Waals surface area contributed by atoms with Gasteiger partial charge in [-0.15, -0.1) is 0 Å². The van der Waals surface area contributed by atoms with Crippen LogP contribution in [0.4, 0.5) is 0 Å². The Balaban J connectivity index is 1.51. The van der Waals surface area contributed by atoms with Gasteiger partial charge in [-0.1, -0.05) is 17.5 Å². The summed E-state index contributed by atoms with van der Waals surface area (Å²) >= 11 is 0. The molecule has 0 saturated heterocycles. The highest BCUT2D eigenvalue weighted by atomic mass is 16.5. The van der Waals surface area contributed by atoms with Gasteiger partial charge in [0.25, 0.3) is 0 Å². The fraction of sp³-hybridized carbons (Fsp3) is 0.227. The first-order valence-corrected chi connectivity index (χ1v) is 8.76.